The van der Waals surface area contributed by atoms with Gasteiger partial charge in [0.2, 0.25) is 5.91 Å². The molecule has 7 nitrogen and oxygen atoms in total. The lowest BCUT2D eigenvalue weighted by Gasteiger charge is -2.33. The molecule has 0 fully saturated rings. The van der Waals surface area contributed by atoms with Crippen LogP contribution in [0.4, 0.5) is 4.79 Å². The van der Waals surface area contributed by atoms with Gasteiger partial charge in [-0.2, -0.15) is 0 Å². The first-order valence-electron chi connectivity index (χ1n) is 11.6. The average Bonchev–Trinajstić information content (AvgIpc) is 2.82. The number of nitrogens with zero attached hydrogens (tertiary/aromatic N) is 1. The van der Waals surface area contributed by atoms with Crippen LogP contribution >= 0.6 is 11.6 Å². The maximum atomic E-state index is 13.6. The van der Waals surface area contributed by atoms with E-state index in [-0.39, 0.29) is 31.5 Å². The second-order valence-electron chi connectivity index (χ2n) is 8.01. The minimum absolute atomic E-state index is 0.110. The van der Waals surface area contributed by atoms with Crippen LogP contribution in [0.5, 0.6) is 0 Å². The van der Waals surface area contributed by atoms with E-state index in [0.29, 0.717) is 18.2 Å². The Morgan fingerprint density at radius 3 is 2.12 bits per heavy atom. The standard InChI is InChI=1S/C26H35ClN2O5/c1-5-32-24(33-6-2)17-29(19(3)4)25(30)23(16-20-12-14-22(27)15-13-20)28-26(31)34-18-21-10-8-7-9-11-21/h7-15,19,23-24H,5-6,16-18H2,1-4H3,(H,28,31). The summed E-state index contributed by atoms with van der Waals surface area (Å²) in [6.07, 6.45) is -0.929. The molecule has 0 aliphatic carbocycles. The van der Waals surface area contributed by atoms with Crippen molar-refractivity contribution in [1.82, 2.24) is 10.2 Å². The monoisotopic (exact) mass is 490 g/mol. The van der Waals surface area contributed by atoms with E-state index in [1.54, 1.807) is 17.0 Å². The normalized spacial score (nSPS) is 12.0. The molecule has 1 unspecified atom stereocenters. The van der Waals surface area contributed by atoms with Gasteiger partial charge in [-0.3, -0.25) is 4.79 Å². The van der Waals surface area contributed by atoms with Gasteiger partial charge in [0.1, 0.15) is 12.6 Å². The van der Waals surface area contributed by atoms with Crippen LogP contribution in [-0.2, 0) is 32.0 Å². The predicted molar refractivity (Wildman–Crippen MR) is 133 cm³/mol. The van der Waals surface area contributed by atoms with Crippen molar-refractivity contribution in [2.75, 3.05) is 19.8 Å². The molecule has 0 aliphatic rings. The molecular weight excluding hydrogens is 456 g/mol. The number of carbonyl (C=O) groups is 2. The maximum Gasteiger partial charge on any atom is 0.408 e. The van der Waals surface area contributed by atoms with E-state index in [0.717, 1.165) is 11.1 Å². The van der Waals surface area contributed by atoms with Crippen molar-refractivity contribution in [1.29, 1.82) is 0 Å². The van der Waals surface area contributed by atoms with Gasteiger partial charge in [0, 0.05) is 30.7 Å². The molecule has 1 atom stereocenters. The van der Waals surface area contributed by atoms with Gasteiger partial charge >= 0.3 is 6.09 Å². The van der Waals surface area contributed by atoms with Crippen LogP contribution in [0.1, 0.15) is 38.8 Å². The maximum absolute atomic E-state index is 13.6. The second-order valence-corrected chi connectivity index (χ2v) is 8.45. The number of ether oxygens (including phenoxy) is 3. The van der Waals surface area contributed by atoms with Crippen molar-refractivity contribution < 1.29 is 23.8 Å². The third-order valence-electron chi connectivity index (χ3n) is 5.11. The Bertz CT molecular complexity index is 871. The van der Waals surface area contributed by atoms with Gasteiger partial charge in [0.25, 0.3) is 0 Å². The Labute approximate surface area is 207 Å². The van der Waals surface area contributed by atoms with E-state index in [2.05, 4.69) is 5.32 Å². The number of halogens is 1. The number of alkyl carbamates (subject to hydrolysis) is 1. The third kappa shape index (κ3) is 9.33. The first kappa shape index (κ1) is 27.6. The fourth-order valence-corrected chi connectivity index (χ4v) is 3.53. The highest BCUT2D eigenvalue weighted by Gasteiger charge is 2.30. The predicted octanol–water partition coefficient (Wildman–Crippen LogP) is 4.81. The van der Waals surface area contributed by atoms with E-state index in [1.165, 1.54) is 0 Å². The topological polar surface area (TPSA) is 77.1 Å². The largest absolute Gasteiger partial charge is 0.445 e. The van der Waals surface area contributed by atoms with E-state index < -0.39 is 18.4 Å². The molecule has 2 aromatic rings. The molecule has 0 spiro atoms. The summed E-state index contributed by atoms with van der Waals surface area (Å²) in [6.45, 7) is 8.86. The number of hydrogen-bond acceptors (Lipinski definition) is 5. The third-order valence-corrected chi connectivity index (χ3v) is 5.37. The smallest absolute Gasteiger partial charge is 0.408 e. The minimum atomic E-state index is -0.837. The number of carbonyl (C=O) groups excluding carboxylic acids is 2. The number of rotatable bonds is 13. The lowest BCUT2D eigenvalue weighted by atomic mass is 10.0. The SMILES string of the molecule is CCOC(CN(C(=O)C(Cc1ccc(Cl)cc1)NC(=O)OCc1ccccc1)C(C)C)OCC. The number of hydrogen-bond donors (Lipinski definition) is 1. The summed E-state index contributed by atoms with van der Waals surface area (Å²) in [6, 6.07) is 15.6. The molecular formula is C26H35ClN2O5. The van der Waals surface area contributed by atoms with Crippen LogP contribution in [0, 0.1) is 0 Å². The molecule has 8 heteroatoms. The molecule has 34 heavy (non-hydrogen) atoms. The number of nitrogens with one attached hydrogen (secondary N) is 1. The van der Waals surface area contributed by atoms with Crippen molar-refractivity contribution in [2.45, 2.75) is 59.1 Å². The summed E-state index contributed by atoms with van der Waals surface area (Å²) in [5.41, 5.74) is 1.72. The Hall–Kier alpha value is -2.61. The first-order chi connectivity index (χ1) is 16.3. The zero-order valence-electron chi connectivity index (χ0n) is 20.3. The van der Waals surface area contributed by atoms with Crippen LogP contribution in [-0.4, -0.2) is 55.0 Å². The average molecular weight is 491 g/mol. The zero-order chi connectivity index (χ0) is 24.9. The fraction of sp³-hybridized carbons (Fsp3) is 0.462. The van der Waals surface area contributed by atoms with Crippen LogP contribution in [0.3, 0.4) is 0 Å². The van der Waals surface area contributed by atoms with Gasteiger partial charge in [0.15, 0.2) is 6.29 Å². The van der Waals surface area contributed by atoms with Gasteiger partial charge in [0.05, 0.1) is 6.54 Å². The lowest BCUT2D eigenvalue weighted by molar-refractivity contribution is -0.162. The molecule has 0 radical (unpaired) electrons. The van der Waals surface area contributed by atoms with Crippen LogP contribution in [0.2, 0.25) is 5.02 Å². The Morgan fingerprint density at radius 2 is 1.56 bits per heavy atom. The molecule has 0 aliphatic heterocycles. The van der Waals surface area contributed by atoms with Gasteiger partial charge in [-0.1, -0.05) is 54.1 Å². The van der Waals surface area contributed by atoms with Gasteiger partial charge in [-0.05, 0) is 51.0 Å². The van der Waals surface area contributed by atoms with E-state index in [9.17, 15) is 9.59 Å². The summed E-state index contributed by atoms with van der Waals surface area (Å²) >= 11 is 6.01. The van der Waals surface area contributed by atoms with Gasteiger partial charge in [-0.15, -0.1) is 0 Å². The first-order valence-corrected chi connectivity index (χ1v) is 12.0. The minimum Gasteiger partial charge on any atom is -0.445 e. The molecule has 2 aromatic carbocycles. The van der Waals surface area contributed by atoms with Crippen molar-refractivity contribution in [2.24, 2.45) is 0 Å². The Kier molecular flexibility index (Phi) is 11.9. The molecule has 0 aromatic heterocycles. The van der Waals surface area contributed by atoms with E-state index in [1.807, 2.05) is 70.2 Å². The van der Waals surface area contributed by atoms with Gasteiger partial charge < -0.3 is 24.4 Å². The summed E-state index contributed by atoms with van der Waals surface area (Å²) < 4.78 is 16.7. The molecule has 2 rings (SSSR count). The summed E-state index contributed by atoms with van der Waals surface area (Å²) in [5.74, 6) is -0.244. The van der Waals surface area contributed by atoms with E-state index in [4.69, 9.17) is 25.8 Å². The Balaban J connectivity index is 2.18. The summed E-state index contributed by atoms with van der Waals surface area (Å²) in [4.78, 5) is 27.9. The molecule has 2 amide bonds. The van der Waals surface area contributed by atoms with Crippen LogP contribution in [0.25, 0.3) is 0 Å². The van der Waals surface area contributed by atoms with E-state index >= 15 is 0 Å². The second kappa shape index (κ2) is 14.6. The van der Waals surface area contributed by atoms with Crippen molar-refractivity contribution in [3.8, 4) is 0 Å². The molecule has 0 bridgehead atoms. The number of amides is 2. The summed E-state index contributed by atoms with van der Waals surface area (Å²) in [7, 11) is 0. The molecule has 186 valence electrons. The summed E-state index contributed by atoms with van der Waals surface area (Å²) in [5, 5.41) is 3.35. The quantitative estimate of drug-likeness (QED) is 0.407. The highest BCUT2D eigenvalue weighted by Crippen LogP contribution is 2.14. The molecule has 0 heterocycles. The zero-order valence-corrected chi connectivity index (χ0v) is 21.1. The highest BCUT2D eigenvalue weighted by molar-refractivity contribution is 6.30. The van der Waals surface area contributed by atoms with Crippen molar-refractivity contribution >= 4 is 23.6 Å². The number of benzene rings is 2. The molecule has 0 saturated carbocycles. The Morgan fingerprint density at radius 1 is 0.941 bits per heavy atom. The van der Waals surface area contributed by atoms with Gasteiger partial charge in [-0.25, -0.2) is 4.79 Å². The van der Waals surface area contributed by atoms with Crippen LogP contribution in [0.15, 0.2) is 54.6 Å². The lowest BCUT2D eigenvalue weighted by Crippen LogP contribution is -2.54. The van der Waals surface area contributed by atoms with Crippen LogP contribution < -0.4 is 5.32 Å². The highest BCUT2D eigenvalue weighted by atomic mass is 35.5. The van der Waals surface area contributed by atoms with Crippen molar-refractivity contribution in [3.05, 3.63) is 70.7 Å². The van der Waals surface area contributed by atoms with Crippen molar-refractivity contribution in [3.63, 3.8) is 0 Å². The fourth-order valence-electron chi connectivity index (χ4n) is 3.40. The molecule has 1 N–H and O–H groups in total. The molecule has 0 saturated heterocycles.